The summed E-state index contributed by atoms with van der Waals surface area (Å²) in [6.07, 6.45) is 3.66. The summed E-state index contributed by atoms with van der Waals surface area (Å²) in [6, 6.07) is 2.00. The van der Waals surface area contributed by atoms with Crippen molar-refractivity contribution in [2.75, 3.05) is 0 Å². The fraction of sp³-hybridized carbons (Fsp3) is 0.100. The molecular weight excluding hydrogens is 276 g/mol. The number of aromatic nitrogens is 4. The van der Waals surface area contributed by atoms with E-state index in [0.717, 1.165) is 20.4 Å². The summed E-state index contributed by atoms with van der Waals surface area (Å²) in [5.41, 5.74) is 0. The van der Waals surface area contributed by atoms with Crippen LogP contribution in [0.3, 0.4) is 0 Å². The van der Waals surface area contributed by atoms with Crippen LogP contribution < -0.4 is 0 Å². The molecule has 0 bridgehead atoms. The van der Waals surface area contributed by atoms with Crippen LogP contribution in [0.1, 0.15) is 0 Å². The van der Waals surface area contributed by atoms with Crippen molar-refractivity contribution in [3.05, 3.63) is 29.1 Å². The zero-order valence-electron chi connectivity index (χ0n) is 8.79. The molecule has 0 aliphatic rings. The van der Waals surface area contributed by atoms with Crippen LogP contribution >= 0.6 is 34.7 Å². The first-order chi connectivity index (χ1) is 8.24. The summed E-state index contributed by atoms with van der Waals surface area (Å²) in [6.45, 7) is 0. The highest BCUT2D eigenvalue weighted by Gasteiger charge is 2.11. The maximum absolute atomic E-state index is 5.90. The van der Waals surface area contributed by atoms with Gasteiger partial charge in [-0.1, -0.05) is 0 Å². The van der Waals surface area contributed by atoms with Crippen molar-refractivity contribution in [2.24, 2.45) is 7.05 Å². The Morgan fingerprint density at radius 3 is 3.06 bits per heavy atom. The summed E-state index contributed by atoms with van der Waals surface area (Å²) >= 11 is 8.95. The van der Waals surface area contributed by atoms with Crippen molar-refractivity contribution in [1.29, 1.82) is 0 Å². The maximum Gasteiger partial charge on any atom is 0.224 e. The summed E-state index contributed by atoms with van der Waals surface area (Å²) < 4.78 is 1.94. The lowest BCUT2D eigenvalue weighted by Gasteiger charge is -2.02. The third-order valence-electron chi connectivity index (χ3n) is 2.23. The Balaban J connectivity index is 2.11. The van der Waals surface area contributed by atoms with Crippen molar-refractivity contribution < 1.29 is 0 Å². The standard InChI is InChI=1S/C10H7ClN4S2/c1-15-4-3-12-10(15)17-8-6-2-5-16-7(6)13-9(11)14-8/h2-5H,1H3. The second kappa shape index (κ2) is 4.29. The first kappa shape index (κ1) is 11.0. The predicted octanol–water partition coefficient (Wildman–Crippen LogP) is 3.23. The highest BCUT2D eigenvalue weighted by molar-refractivity contribution is 7.99. The number of halogens is 1. The van der Waals surface area contributed by atoms with Gasteiger partial charge in [-0.05, 0) is 34.8 Å². The van der Waals surface area contributed by atoms with E-state index in [-0.39, 0.29) is 5.28 Å². The normalized spacial score (nSPS) is 11.2. The minimum absolute atomic E-state index is 0.275. The lowest BCUT2D eigenvalue weighted by molar-refractivity contribution is 0.789. The van der Waals surface area contributed by atoms with Gasteiger partial charge in [-0.2, -0.15) is 0 Å². The Kier molecular flexibility index (Phi) is 2.78. The molecule has 17 heavy (non-hydrogen) atoms. The average molecular weight is 283 g/mol. The highest BCUT2D eigenvalue weighted by atomic mass is 35.5. The monoisotopic (exact) mass is 282 g/mol. The van der Waals surface area contributed by atoms with Crippen molar-refractivity contribution in [3.63, 3.8) is 0 Å². The van der Waals surface area contributed by atoms with E-state index in [4.69, 9.17) is 11.6 Å². The van der Waals surface area contributed by atoms with Gasteiger partial charge in [0.15, 0.2) is 5.16 Å². The molecule has 0 saturated heterocycles. The lowest BCUT2D eigenvalue weighted by Crippen LogP contribution is -1.91. The van der Waals surface area contributed by atoms with E-state index in [9.17, 15) is 0 Å². The third-order valence-corrected chi connectivity index (χ3v) is 4.28. The molecule has 0 unspecified atom stereocenters. The average Bonchev–Trinajstić information content (AvgIpc) is 2.88. The Hall–Kier alpha value is -1.11. The van der Waals surface area contributed by atoms with Crippen LogP contribution in [-0.4, -0.2) is 19.5 Å². The van der Waals surface area contributed by atoms with Gasteiger partial charge in [0.2, 0.25) is 5.28 Å². The van der Waals surface area contributed by atoms with Crippen LogP contribution in [0, 0.1) is 0 Å². The fourth-order valence-electron chi connectivity index (χ4n) is 1.42. The van der Waals surface area contributed by atoms with Gasteiger partial charge in [-0.3, -0.25) is 0 Å². The fourth-order valence-corrected chi connectivity index (χ4v) is 3.41. The zero-order valence-corrected chi connectivity index (χ0v) is 11.2. The molecule has 3 aromatic heterocycles. The number of rotatable bonds is 2. The first-order valence-corrected chi connectivity index (χ1v) is 6.87. The van der Waals surface area contributed by atoms with E-state index in [0.29, 0.717) is 0 Å². The van der Waals surface area contributed by atoms with Crippen LogP contribution in [0.25, 0.3) is 10.2 Å². The number of nitrogens with zero attached hydrogens (tertiary/aromatic N) is 4. The van der Waals surface area contributed by atoms with Gasteiger partial charge in [0.25, 0.3) is 0 Å². The highest BCUT2D eigenvalue weighted by Crippen LogP contribution is 2.33. The second-order valence-corrected chi connectivity index (χ2v) is 5.55. The van der Waals surface area contributed by atoms with Crippen LogP contribution in [0.5, 0.6) is 0 Å². The number of thiophene rings is 1. The van der Waals surface area contributed by atoms with Crippen LogP contribution in [0.4, 0.5) is 0 Å². The van der Waals surface area contributed by atoms with E-state index in [1.54, 1.807) is 17.5 Å². The molecular formula is C10H7ClN4S2. The zero-order chi connectivity index (χ0) is 11.8. The Morgan fingerprint density at radius 1 is 1.41 bits per heavy atom. The summed E-state index contributed by atoms with van der Waals surface area (Å²) in [7, 11) is 1.95. The SMILES string of the molecule is Cn1ccnc1Sc1nc(Cl)nc2sccc12. The summed E-state index contributed by atoms with van der Waals surface area (Å²) in [5, 5.41) is 5.00. The van der Waals surface area contributed by atoms with E-state index in [1.807, 2.05) is 29.3 Å². The van der Waals surface area contributed by atoms with Crippen molar-refractivity contribution in [3.8, 4) is 0 Å². The molecule has 0 aliphatic heterocycles. The maximum atomic E-state index is 5.90. The molecule has 3 rings (SSSR count). The molecule has 0 aromatic carbocycles. The van der Waals surface area contributed by atoms with Gasteiger partial charge >= 0.3 is 0 Å². The smallest absolute Gasteiger partial charge is 0.224 e. The van der Waals surface area contributed by atoms with Crippen LogP contribution in [0.2, 0.25) is 5.28 Å². The topological polar surface area (TPSA) is 43.6 Å². The Morgan fingerprint density at radius 2 is 2.29 bits per heavy atom. The molecule has 0 atom stereocenters. The minimum atomic E-state index is 0.275. The molecule has 86 valence electrons. The van der Waals surface area contributed by atoms with Gasteiger partial charge in [-0.25, -0.2) is 15.0 Å². The number of imidazole rings is 1. The van der Waals surface area contributed by atoms with E-state index >= 15 is 0 Å². The van der Waals surface area contributed by atoms with E-state index in [1.165, 1.54) is 11.8 Å². The van der Waals surface area contributed by atoms with Gasteiger partial charge in [-0.15, -0.1) is 11.3 Å². The Labute approximate surface area is 111 Å². The number of fused-ring (bicyclic) bond motifs is 1. The largest absolute Gasteiger partial charge is 0.329 e. The number of hydrogen-bond donors (Lipinski definition) is 0. The summed E-state index contributed by atoms with van der Waals surface area (Å²) in [5.74, 6) is 0. The van der Waals surface area contributed by atoms with Crippen molar-refractivity contribution in [2.45, 2.75) is 10.2 Å². The molecule has 0 spiro atoms. The molecule has 0 N–H and O–H groups in total. The van der Waals surface area contributed by atoms with Gasteiger partial charge in [0.1, 0.15) is 9.86 Å². The molecule has 0 fully saturated rings. The number of aryl methyl sites for hydroxylation is 1. The molecule has 0 radical (unpaired) electrons. The summed E-state index contributed by atoms with van der Waals surface area (Å²) in [4.78, 5) is 13.6. The van der Waals surface area contributed by atoms with Crippen LogP contribution in [-0.2, 0) is 7.05 Å². The van der Waals surface area contributed by atoms with Gasteiger partial charge < -0.3 is 4.57 Å². The lowest BCUT2D eigenvalue weighted by atomic mass is 10.4. The number of hydrogen-bond acceptors (Lipinski definition) is 5. The quantitative estimate of drug-likeness (QED) is 0.535. The third kappa shape index (κ3) is 2.03. The van der Waals surface area contributed by atoms with Crippen LogP contribution in [0.15, 0.2) is 34.0 Å². The molecule has 3 aromatic rings. The van der Waals surface area contributed by atoms with E-state index < -0.39 is 0 Å². The van der Waals surface area contributed by atoms with E-state index in [2.05, 4.69) is 15.0 Å². The first-order valence-electron chi connectivity index (χ1n) is 4.80. The van der Waals surface area contributed by atoms with Gasteiger partial charge in [0.05, 0.1) is 0 Å². The molecule has 0 amide bonds. The predicted molar refractivity (Wildman–Crippen MR) is 69.8 cm³/mol. The molecule has 0 saturated carbocycles. The molecule has 3 heterocycles. The van der Waals surface area contributed by atoms with Crippen molar-refractivity contribution in [1.82, 2.24) is 19.5 Å². The van der Waals surface area contributed by atoms with Gasteiger partial charge in [0, 0.05) is 24.8 Å². The molecule has 7 heteroatoms. The molecule has 4 nitrogen and oxygen atoms in total. The molecule has 0 aliphatic carbocycles. The van der Waals surface area contributed by atoms with Crippen molar-refractivity contribution >= 4 is 44.9 Å². The second-order valence-electron chi connectivity index (χ2n) is 3.36. The Bertz CT molecular complexity index is 676. The minimum Gasteiger partial charge on any atom is -0.329 e.